The van der Waals surface area contributed by atoms with E-state index in [1.807, 2.05) is 0 Å². The molecule has 1 saturated heterocycles. The van der Waals surface area contributed by atoms with Gasteiger partial charge in [-0.15, -0.1) is 16.5 Å². The number of halogens is 1. The van der Waals surface area contributed by atoms with Gasteiger partial charge in [0.05, 0.1) is 24.5 Å². The van der Waals surface area contributed by atoms with Gasteiger partial charge in [0.2, 0.25) is 0 Å². The Morgan fingerprint density at radius 3 is 2.57 bits per heavy atom. The highest BCUT2D eigenvalue weighted by atomic mass is 35.5. The zero-order chi connectivity index (χ0) is 22.1. The normalized spacial score (nSPS) is 30.1. The molecule has 1 aliphatic carbocycles. The lowest BCUT2D eigenvalue weighted by molar-refractivity contribution is -0.333. The maximum Gasteiger partial charge on any atom is 0.345 e. The van der Waals surface area contributed by atoms with Crippen LogP contribution in [-0.2, 0) is 14.2 Å². The molecular formula is C18H32ClN3O8. The van der Waals surface area contributed by atoms with Gasteiger partial charge in [0.1, 0.15) is 18.8 Å². The Balaban J connectivity index is 2.15. The number of rotatable bonds is 10. The second-order valence-corrected chi connectivity index (χ2v) is 7.79. The van der Waals surface area contributed by atoms with Crippen molar-refractivity contribution in [1.29, 1.82) is 0 Å². The van der Waals surface area contributed by atoms with Crippen LogP contribution in [0.15, 0.2) is 5.29 Å². The third-order valence-corrected chi connectivity index (χ3v) is 5.56. The molecule has 2 fully saturated rings. The molecule has 11 nitrogen and oxygen atoms in total. The van der Waals surface area contributed by atoms with Crippen molar-refractivity contribution in [3.8, 4) is 0 Å². The van der Waals surface area contributed by atoms with Crippen molar-refractivity contribution in [2.75, 3.05) is 38.8 Å². The van der Waals surface area contributed by atoms with Crippen LogP contribution < -0.4 is 0 Å². The van der Waals surface area contributed by atoms with Crippen molar-refractivity contribution >= 4 is 17.6 Å². The van der Waals surface area contributed by atoms with Gasteiger partial charge in [0.25, 0.3) is 0 Å². The van der Waals surface area contributed by atoms with Gasteiger partial charge in [-0.3, -0.25) is 4.90 Å². The van der Waals surface area contributed by atoms with E-state index in [2.05, 4.69) is 5.29 Å². The molecule has 12 heteroatoms. The van der Waals surface area contributed by atoms with Gasteiger partial charge in [-0.25, -0.2) is 4.79 Å². The number of urea groups is 1. The van der Waals surface area contributed by atoms with E-state index in [0.717, 1.165) is 37.0 Å². The summed E-state index contributed by atoms with van der Waals surface area (Å²) in [6, 6.07) is -0.991. The molecule has 0 radical (unpaired) electrons. The molecule has 174 valence electrons. The van der Waals surface area contributed by atoms with Crippen molar-refractivity contribution in [3.63, 3.8) is 0 Å². The fourth-order valence-electron chi connectivity index (χ4n) is 3.71. The fourth-order valence-corrected chi connectivity index (χ4v) is 3.87. The Morgan fingerprint density at radius 2 is 1.97 bits per heavy atom. The molecular weight excluding hydrogens is 422 g/mol. The predicted octanol–water partition coefficient (Wildman–Crippen LogP) is 0.783. The average Bonchev–Trinajstić information content (AvgIpc) is 2.76. The highest BCUT2D eigenvalue weighted by molar-refractivity contribution is 6.18. The molecule has 2 rings (SSSR count). The topological polar surface area (TPSA) is 141 Å². The zero-order valence-corrected chi connectivity index (χ0v) is 17.9. The lowest BCUT2D eigenvalue weighted by atomic mass is 9.95. The van der Waals surface area contributed by atoms with E-state index < -0.39 is 36.9 Å². The Labute approximate surface area is 180 Å². The van der Waals surface area contributed by atoms with Gasteiger partial charge in [-0.2, -0.15) is 5.01 Å². The average molecular weight is 454 g/mol. The van der Waals surface area contributed by atoms with Crippen LogP contribution in [0.5, 0.6) is 0 Å². The van der Waals surface area contributed by atoms with Crippen LogP contribution in [0.25, 0.3) is 0 Å². The van der Waals surface area contributed by atoms with Crippen LogP contribution >= 0.6 is 11.6 Å². The summed E-state index contributed by atoms with van der Waals surface area (Å²) in [6.07, 6.45) is 0.115. The van der Waals surface area contributed by atoms with Crippen LogP contribution in [0, 0.1) is 4.91 Å². The van der Waals surface area contributed by atoms with Gasteiger partial charge < -0.3 is 29.5 Å². The van der Waals surface area contributed by atoms with E-state index in [0.29, 0.717) is 11.6 Å². The van der Waals surface area contributed by atoms with Crippen LogP contribution in [0.4, 0.5) is 4.79 Å². The van der Waals surface area contributed by atoms with Crippen LogP contribution in [-0.4, -0.2) is 100 Å². The summed E-state index contributed by atoms with van der Waals surface area (Å²) in [6.45, 7) is 1.22. The maximum atomic E-state index is 12.8. The highest BCUT2D eigenvalue weighted by Gasteiger charge is 2.55. The molecule has 30 heavy (non-hydrogen) atoms. The van der Waals surface area contributed by atoms with Gasteiger partial charge in [-0.05, 0) is 19.8 Å². The molecule has 0 aromatic rings. The van der Waals surface area contributed by atoms with Crippen molar-refractivity contribution in [2.24, 2.45) is 5.29 Å². The first-order valence-electron chi connectivity index (χ1n) is 10.3. The summed E-state index contributed by atoms with van der Waals surface area (Å²) in [5.74, 6) is -0.0613. The number of amides is 2. The number of carbonyl (C=O) groups is 1. The van der Waals surface area contributed by atoms with Crippen molar-refractivity contribution in [1.82, 2.24) is 9.91 Å². The number of nitroso groups, excluding NO2 is 1. The van der Waals surface area contributed by atoms with E-state index in [4.69, 9.17) is 25.8 Å². The lowest BCUT2D eigenvalue weighted by Gasteiger charge is -2.49. The first-order chi connectivity index (χ1) is 14.4. The number of aliphatic hydroxyl groups excluding tert-OH is 2. The Hall–Kier alpha value is -1.08. The molecule has 2 aliphatic rings. The fraction of sp³-hybridized carbons (Fsp3) is 0.944. The maximum absolute atomic E-state index is 12.8. The largest absolute Gasteiger partial charge is 0.385 e. The molecule has 0 aromatic carbocycles. The summed E-state index contributed by atoms with van der Waals surface area (Å²) in [5.41, 5.74) is -2.32. The number of ether oxygens (including phenoxy) is 3. The quantitative estimate of drug-likeness (QED) is 0.145. The lowest BCUT2D eigenvalue weighted by Crippen LogP contribution is -2.71. The molecule has 1 heterocycles. The Morgan fingerprint density at radius 1 is 1.27 bits per heavy atom. The standard InChI is InChI=1S/C18H32ClN3O8/c1-2-28-11-10-21(17(25)22(20-27)9-8-19)18(26)12-29-16(14(23)15(18)24)30-13-6-4-3-5-7-13/h13-16,23-24,26H,2-12H2,1H3/t14-,15-,16-,18+/m1/s1. The van der Waals surface area contributed by atoms with Crippen molar-refractivity contribution in [3.05, 3.63) is 4.91 Å². The van der Waals surface area contributed by atoms with Gasteiger partial charge in [0.15, 0.2) is 12.0 Å². The first kappa shape index (κ1) is 25.2. The second-order valence-electron chi connectivity index (χ2n) is 7.41. The Bertz CT molecular complexity index is 554. The monoisotopic (exact) mass is 453 g/mol. The van der Waals surface area contributed by atoms with Crippen LogP contribution in [0.2, 0.25) is 0 Å². The predicted molar refractivity (Wildman–Crippen MR) is 106 cm³/mol. The molecule has 0 aromatic heterocycles. The molecule has 0 bridgehead atoms. The number of alkyl halides is 1. The van der Waals surface area contributed by atoms with E-state index in [9.17, 15) is 25.0 Å². The van der Waals surface area contributed by atoms with Gasteiger partial charge in [-0.1, -0.05) is 19.3 Å². The Kier molecular flexibility index (Phi) is 10.1. The molecule has 1 saturated carbocycles. The number of hydrogen-bond donors (Lipinski definition) is 3. The zero-order valence-electron chi connectivity index (χ0n) is 17.2. The number of aliphatic hydroxyl groups is 3. The molecule has 2 amide bonds. The summed E-state index contributed by atoms with van der Waals surface area (Å²) >= 11 is 5.61. The smallest absolute Gasteiger partial charge is 0.345 e. The summed E-state index contributed by atoms with van der Waals surface area (Å²) in [5, 5.41) is 35.6. The third kappa shape index (κ3) is 6.00. The number of nitrogens with zero attached hydrogens (tertiary/aromatic N) is 3. The van der Waals surface area contributed by atoms with Crippen LogP contribution in [0.1, 0.15) is 39.0 Å². The minimum Gasteiger partial charge on any atom is -0.385 e. The minimum atomic E-state index is -2.32. The summed E-state index contributed by atoms with van der Waals surface area (Å²) in [4.78, 5) is 24.7. The number of carbonyl (C=O) groups excluding carboxylic acids is 1. The van der Waals surface area contributed by atoms with Crippen molar-refractivity contribution < 1.29 is 34.3 Å². The van der Waals surface area contributed by atoms with Gasteiger partial charge >= 0.3 is 6.03 Å². The van der Waals surface area contributed by atoms with E-state index in [1.165, 1.54) is 0 Å². The molecule has 0 unspecified atom stereocenters. The summed E-state index contributed by atoms with van der Waals surface area (Å²) in [7, 11) is 0. The summed E-state index contributed by atoms with van der Waals surface area (Å²) < 4.78 is 16.5. The second kappa shape index (κ2) is 12.1. The van der Waals surface area contributed by atoms with Gasteiger partial charge in [0, 0.05) is 19.0 Å². The molecule has 1 aliphatic heterocycles. The molecule has 3 N–H and O–H groups in total. The van der Waals surface area contributed by atoms with Crippen LogP contribution in [0.3, 0.4) is 0 Å². The minimum absolute atomic E-state index is 0.0168. The van der Waals surface area contributed by atoms with E-state index in [1.54, 1.807) is 6.92 Å². The third-order valence-electron chi connectivity index (χ3n) is 5.39. The number of hydrogen-bond acceptors (Lipinski definition) is 9. The molecule has 0 spiro atoms. The van der Waals surface area contributed by atoms with Crippen molar-refractivity contribution in [2.45, 2.75) is 69.4 Å². The molecule has 4 atom stereocenters. The SMILES string of the molecule is CCOCCN(C(=O)N(CCCl)N=O)[C@]1(O)CO[C@H](OC2CCCCC2)[C@H](O)[C@H]1O. The highest BCUT2D eigenvalue weighted by Crippen LogP contribution is 2.31. The first-order valence-corrected chi connectivity index (χ1v) is 10.8. The van der Waals surface area contributed by atoms with E-state index >= 15 is 0 Å². The van der Waals surface area contributed by atoms with E-state index in [-0.39, 0.29) is 31.7 Å².